The van der Waals surface area contributed by atoms with E-state index in [9.17, 15) is 4.79 Å². The predicted octanol–water partition coefficient (Wildman–Crippen LogP) is 1.44. The Kier molecular flexibility index (Phi) is 4.03. The van der Waals surface area contributed by atoms with Crippen molar-refractivity contribution in [3.05, 3.63) is 33.5 Å². The number of thiazole rings is 1. The van der Waals surface area contributed by atoms with Gasteiger partial charge in [-0.25, -0.2) is 4.98 Å². The fraction of sp³-hybridized carbons (Fsp3) is 0.500. The Morgan fingerprint density at radius 2 is 2.10 bits per heavy atom. The summed E-state index contributed by atoms with van der Waals surface area (Å²) >= 11 is 1.68. The van der Waals surface area contributed by atoms with E-state index in [1.54, 1.807) is 11.3 Å². The van der Waals surface area contributed by atoms with Crippen LogP contribution in [-0.4, -0.2) is 57.1 Å². The summed E-state index contributed by atoms with van der Waals surface area (Å²) in [5, 5.41) is 10.1. The quantitative estimate of drug-likeness (QED) is 0.932. The van der Waals surface area contributed by atoms with Crippen LogP contribution >= 0.6 is 11.3 Å². The first-order valence-electron chi connectivity index (χ1n) is 7.06. The number of carbonyl (C=O) groups is 1. The van der Waals surface area contributed by atoms with Gasteiger partial charge in [0.2, 0.25) is 0 Å². The molecule has 1 amide bonds. The van der Waals surface area contributed by atoms with Gasteiger partial charge in [0.15, 0.2) is 0 Å². The summed E-state index contributed by atoms with van der Waals surface area (Å²) in [7, 11) is 0. The molecular weight excluding hydrogens is 286 g/mol. The van der Waals surface area contributed by atoms with Crippen LogP contribution in [0.4, 0.5) is 0 Å². The van der Waals surface area contributed by atoms with Crippen molar-refractivity contribution < 1.29 is 4.79 Å². The van der Waals surface area contributed by atoms with Gasteiger partial charge >= 0.3 is 0 Å². The molecule has 1 aliphatic rings. The van der Waals surface area contributed by atoms with Gasteiger partial charge in [-0.2, -0.15) is 5.10 Å². The van der Waals surface area contributed by atoms with Gasteiger partial charge in [-0.1, -0.05) is 0 Å². The Balaban J connectivity index is 1.59. The van der Waals surface area contributed by atoms with E-state index >= 15 is 0 Å². The highest BCUT2D eigenvalue weighted by Crippen LogP contribution is 2.16. The Labute approximate surface area is 127 Å². The van der Waals surface area contributed by atoms with E-state index in [-0.39, 0.29) is 5.91 Å². The molecule has 0 spiro atoms. The van der Waals surface area contributed by atoms with Crippen LogP contribution < -0.4 is 0 Å². The van der Waals surface area contributed by atoms with Crippen LogP contribution in [0.25, 0.3) is 0 Å². The van der Waals surface area contributed by atoms with Gasteiger partial charge in [0.25, 0.3) is 5.91 Å². The van der Waals surface area contributed by atoms with Crippen molar-refractivity contribution >= 4 is 17.2 Å². The molecule has 6 nitrogen and oxygen atoms in total. The number of amides is 1. The van der Waals surface area contributed by atoms with E-state index in [0.717, 1.165) is 54.7 Å². The molecule has 7 heteroatoms. The second kappa shape index (κ2) is 5.95. The molecule has 2 aromatic rings. The normalized spacial score (nSPS) is 16.4. The summed E-state index contributed by atoms with van der Waals surface area (Å²) in [6.07, 6.45) is 1.84. The Morgan fingerprint density at radius 3 is 2.67 bits per heavy atom. The van der Waals surface area contributed by atoms with Crippen LogP contribution in [-0.2, 0) is 6.54 Å². The molecule has 21 heavy (non-hydrogen) atoms. The van der Waals surface area contributed by atoms with Crippen molar-refractivity contribution in [2.75, 3.05) is 26.2 Å². The molecule has 3 heterocycles. The van der Waals surface area contributed by atoms with E-state index in [0.29, 0.717) is 0 Å². The zero-order valence-electron chi connectivity index (χ0n) is 12.3. The third-order valence-corrected chi connectivity index (χ3v) is 4.61. The monoisotopic (exact) mass is 305 g/mol. The van der Waals surface area contributed by atoms with E-state index in [2.05, 4.69) is 20.1 Å². The average molecular weight is 305 g/mol. The number of aromatic nitrogens is 3. The first-order valence-corrected chi connectivity index (χ1v) is 7.94. The topological polar surface area (TPSA) is 65.1 Å². The Bertz CT molecular complexity index is 594. The predicted molar refractivity (Wildman–Crippen MR) is 81.4 cm³/mol. The third kappa shape index (κ3) is 2.98. The van der Waals surface area contributed by atoms with Gasteiger partial charge in [-0.15, -0.1) is 11.3 Å². The number of aromatic amines is 1. The van der Waals surface area contributed by atoms with Gasteiger partial charge in [-0.05, 0) is 13.8 Å². The standard InChI is InChI=1S/C14H19N5OS/c1-10-13(11(2)17-16-10)14(20)19-6-4-18(5-7-19)9-12-15-3-8-21-12/h3,8H,4-7,9H2,1-2H3,(H,16,17). The summed E-state index contributed by atoms with van der Waals surface area (Å²) in [4.78, 5) is 21.1. The summed E-state index contributed by atoms with van der Waals surface area (Å²) in [6, 6.07) is 0. The highest BCUT2D eigenvalue weighted by atomic mass is 32.1. The fourth-order valence-electron chi connectivity index (χ4n) is 2.66. The molecule has 1 fully saturated rings. The SMILES string of the molecule is Cc1n[nH]c(C)c1C(=O)N1CCN(Cc2nccs2)CC1. The summed E-state index contributed by atoms with van der Waals surface area (Å²) < 4.78 is 0. The lowest BCUT2D eigenvalue weighted by atomic mass is 10.1. The maximum absolute atomic E-state index is 12.6. The lowest BCUT2D eigenvalue weighted by Gasteiger charge is -2.34. The van der Waals surface area contributed by atoms with Crippen molar-refractivity contribution in [3.63, 3.8) is 0 Å². The van der Waals surface area contributed by atoms with Gasteiger partial charge in [-0.3, -0.25) is 14.8 Å². The largest absolute Gasteiger partial charge is 0.336 e. The number of rotatable bonds is 3. The highest BCUT2D eigenvalue weighted by molar-refractivity contribution is 7.09. The molecule has 112 valence electrons. The molecular formula is C14H19N5OS. The zero-order valence-corrected chi connectivity index (χ0v) is 13.1. The smallest absolute Gasteiger partial charge is 0.257 e. The van der Waals surface area contributed by atoms with Crippen LogP contribution in [0, 0.1) is 13.8 Å². The minimum absolute atomic E-state index is 0.0904. The third-order valence-electron chi connectivity index (χ3n) is 3.84. The number of aryl methyl sites for hydroxylation is 2. The van der Waals surface area contributed by atoms with Gasteiger partial charge in [0, 0.05) is 43.4 Å². The molecule has 0 saturated carbocycles. The van der Waals surface area contributed by atoms with Crippen molar-refractivity contribution in [2.24, 2.45) is 0 Å². The highest BCUT2D eigenvalue weighted by Gasteiger charge is 2.25. The number of hydrogen-bond donors (Lipinski definition) is 1. The van der Waals surface area contributed by atoms with Crippen molar-refractivity contribution in [1.82, 2.24) is 25.0 Å². The van der Waals surface area contributed by atoms with E-state index < -0.39 is 0 Å². The molecule has 1 N–H and O–H groups in total. The zero-order chi connectivity index (χ0) is 14.8. The number of nitrogens with one attached hydrogen (secondary N) is 1. The number of H-pyrrole nitrogens is 1. The minimum atomic E-state index is 0.0904. The van der Waals surface area contributed by atoms with Crippen LogP contribution in [0.3, 0.4) is 0 Å². The molecule has 0 aliphatic carbocycles. The molecule has 3 rings (SSSR count). The van der Waals surface area contributed by atoms with Crippen LogP contribution in [0.5, 0.6) is 0 Å². The molecule has 0 bridgehead atoms. The van der Waals surface area contributed by atoms with Gasteiger partial charge in [0.05, 0.1) is 17.8 Å². The molecule has 0 radical (unpaired) electrons. The lowest BCUT2D eigenvalue weighted by Crippen LogP contribution is -2.48. The Morgan fingerprint density at radius 1 is 1.33 bits per heavy atom. The van der Waals surface area contributed by atoms with Crippen molar-refractivity contribution in [2.45, 2.75) is 20.4 Å². The summed E-state index contributed by atoms with van der Waals surface area (Å²) in [5.41, 5.74) is 2.36. The van der Waals surface area contributed by atoms with Crippen LogP contribution in [0.2, 0.25) is 0 Å². The molecule has 1 saturated heterocycles. The first-order chi connectivity index (χ1) is 10.1. The van der Waals surface area contributed by atoms with E-state index in [4.69, 9.17) is 0 Å². The fourth-order valence-corrected chi connectivity index (χ4v) is 3.31. The second-order valence-corrected chi connectivity index (χ2v) is 6.28. The summed E-state index contributed by atoms with van der Waals surface area (Å²) in [6.45, 7) is 7.94. The number of carbonyl (C=O) groups excluding carboxylic acids is 1. The Hall–Kier alpha value is -1.73. The van der Waals surface area contributed by atoms with Crippen molar-refractivity contribution in [3.8, 4) is 0 Å². The second-order valence-electron chi connectivity index (χ2n) is 5.30. The van der Waals surface area contributed by atoms with Gasteiger partial charge < -0.3 is 4.90 Å². The van der Waals surface area contributed by atoms with Crippen LogP contribution in [0.1, 0.15) is 26.8 Å². The minimum Gasteiger partial charge on any atom is -0.336 e. The molecule has 1 aliphatic heterocycles. The lowest BCUT2D eigenvalue weighted by molar-refractivity contribution is 0.0627. The van der Waals surface area contributed by atoms with E-state index in [1.165, 1.54) is 0 Å². The van der Waals surface area contributed by atoms with E-state index in [1.807, 2.05) is 30.3 Å². The molecule has 0 unspecified atom stereocenters. The average Bonchev–Trinajstić information content (AvgIpc) is 3.09. The number of hydrogen-bond acceptors (Lipinski definition) is 5. The van der Waals surface area contributed by atoms with Crippen molar-refractivity contribution in [1.29, 1.82) is 0 Å². The molecule has 0 atom stereocenters. The van der Waals surface area contributed by atoms with Gasteiger partial charge in [0.1, 0.15) is 5.01 Å². The summed E-state index contributed by atoms with van der Waals surface area (Å²) in [5.74, 6) is 0.0904. The number of piperazine rings is 1. The maximum atomic E-state index is 12.6. The maximum Gasteiger partial charge on any atom is 0.257 e. The van der Waals surface area contributed by atoms with Crippen LogP contribution in [0.15, 0.2) is 11.6 Å². The molecule has 0 aromatic carbocycles. The first kappa shape index (κ1) is 14.2. The molecule has 2 aromatic heterocycles. The number of nitrogens with zero attached hydrogens (tertiary/aromatic N) is 4.